The van der Waals surface area contributed by atoms with Gasteiger partial charge in [0.2, 0.25) is 0 Å². The topological polar surface area (TPSA) is 55.4 Å². The van der Waals surface area contributed by atoms with Crippen LogP contribution in [0.3, 0.4) is 0 Å². The van der Waals surface area contributed by atoms with Gasteiger partial charge in [-0.2, -0.15) is 11.8 Å². The summed E-state index contributed by atoms with van der Waals surface area (Å²) in [7, 11) is 0. The summed E-state index contributed by atoms with van der Waals surface area (Å²) in [6.45, 7) is -0.00891. The van der Waals surface area contributed by atoms with Crippen LogP contribution in [-0.2, 0) is 15.3 Å². The first-order valence-electron chi connectivity index (χ1n) is 7.05. The second kappa shape index (κ2) is 9.39. The molecule has 0 fully saturated rings. The van der Waals surface area contributed by atoms with E-state index in [1.807, 2.05) is 17.5 Å². The minimum atomic E-state index is -1.14. The van der Waals surface area contributed by atoms with Gasteiger partial charge in [-0.25, -0.2) is 13.6 Å². The molecule has 2 aromatic rings. The van der Waals surface area contributed by atoms with E-state index in [-0.39, 0.29) is 5.56 Å². The van der Waals surface area contributed by atoms with Crippen LogP contribution in [0.15, 0.2) is 35.7 Å². The summed E-state index contributed by atoms with van der Waals surface area (Å²) in [4.78, 5) is 24.5. The number of thioether (sulfide) groups is 1. The van der Waals surface area contributed by atoms with E-state index >= 15 is 0 Å². The summed E-state index contributed by atoms with van der Waals surface area (Å²) in [5.74, 6) is -1.89. The van der Waals surface area contributed by atoms with Crippen LogP contribution in [0.5, 0.6) is 0 Å². The summed E-state index contributed by atoms with van der Waals surface area (Å²) in [5, 5.41) is 4.64. The summed E-state index contributed by atoms with van der Waals surface area (Å²) in [6, 6.07) is 6.70. The van der Waals surface area contributed by atoms with Gasteiger partial charge in [-0.3, -0.25) is 4.79 Å². The highest BCUT2D eigenvalue weighted by Crippen LogP contribution is 2.16. The van der Waals surface area contributed by atoms with Gasteiger partial charge in [0.15, 0.2) is 18.2 Å². The van der Waals surface area contributed by atoms with Crippen LogP contribution >= 0.6 is 23.1 Å². The molecule has 1 aromatic carbocycles. The number of nitrogens with one attached hydrogen (secondary N) is 1. The van der Waals surface area contributed by atoms with Crippen molar-refractivity contribution in [3.8, 4) is 0 Å². The van der Waals surface area contributed by atoms with E-state index in [0.717, 1.165) is 29.7 Å². The van der Waals surface area contributed by atoms with Crippen molar-refractivity contribution in [2.75, 3.05) is 18.9 Å². The zero-order valence-electron chi connectivity index (χ0n) is 12.6. The number of rotatable bonds is 8. The number of hydrogen-bond donors (Lipinski definition) is 1. The van der Waals surface area contributed by atoms with Gasteiger partial charge in [-0.15, -0.1) is 11.3 Å². The van der Waals surface area contributed by atoms with E-state index in [4.69, 9.17) is 4.74 Å². The molecule has 2 rings (SSSR count). The first-order valence-corrected chi connectivity index (χ1v) is 9.08. The van der Waals surface area contributed by atoms with Crippen LogP contribution in [0.1, 0.15) is 15.2 Å². The molecule has 8 heteroatoms. The lowest BCUT2D eigenvalue weighted by Gasteiger charge is -2.06. The normalized spacial score (nSPS) is 10.4. The van der Waals surface area contributed by atoms with Gasteiger partial charge in [0, 0.05) is 22.9 Å². The van der Waals surface area contributed by atoms with Crippen molar-refractivity contribution in [3.05, 3.63) is 57.8 Å². The molecule has 24 heavy (non-hydrogen) atoms. The number of thiophene rings is 1. The quantitative estimate of drug-likeness (QED) is 0.572. The van der Waals surface area contributed by atoms with Gasteiger partial charge in [-0.1, -0.05) is 6.07 Å². The lowest BCUT2D eigenvalue weighted by molar-refractivity contribution is -0.124. The predicted octanol–water partition coefficient (Wildman–Crippen LogP) is 3.23. The molecular formula is C16H15F2NO3S2. The Labute approximate surface area is 146 Å². The van der Waals surface area contributed by atoms with Crippen molar-refractivity contribution >= 4 is 35.0 Å². The van der Waals surface area contributed by atoms with E-state index in [0.29, 0.717) is 6.54 Å². The van der Waals surface area contributed by atoms with Gasteiger partial charge < -0.3 is 10.1 Å². The van der Waals surface area contributed by atoms with Crippen molar-refractivity contribution in [2.45, 2.75) is 5.75 Å². The number of hydrogen-bond acceptors (Lipinski definition) is 5. The van der Waals surface area contributed by atoms with Gasteiger partial charge in [0.1, 0.15) is 0 Å². The monoisotopic (exact) mass is 371 g/mol. The van der Waals surface area contributed by atoms with Crippen LogP contribution in [0.25, 0.3) is 0 Å². The lowest BCUT2D eigenvalue weighted by atomic mass is 10.2. The molecule has 0 saturated heterocycles. The maximum Gasteiger partial charge on any atom is 0.338 e. The number of ether oxygens (including phenoxy) is 1. The molecule has 4 nitrogen and oxygen atoms in total. The molecule has 0 radical (unpaired) electrons. The number of amides is 1. The Bertz CT molecular complexity index is 693. The van der Waals surface area contributed by atoms with E-state index in [9.17, 15) is 18.4 Å². The Morgan fingerprint density at radius 1 is 1.21 bits per heavy atom. The number of carbonyl (C=O) groups excluding carboxylic acids is 2. The molecule has 0 saturated carbocycles. The maximum absolute atomic E-state index is 13.0. The number of esters is 1. The van der Waals surface area contributed by atoms with E-state index in [1.54, 1.807) is 23.1 Å². The van der Waals surface area contributed by atoms with Crippen LogP contribution in [-0.4, -0.2) is 30.8 Å². The zero-order valence-corrected chi connectivity index (χ0v) is 14.2. The number of halogens is 2. The molecule has 1 aromatic heterocycles. The smallest absolute Gasteiger partial charge is 0.338 e. The van der Waals surface area contributed by atoms with Crippen molar-refractivity contribution in [2.24, 2.45) is 0 Å². The Morgan fingerprint density at radius 2 is 2.04 bits per heavy atom. The average Bonchev–Trinajstić information content (AvgIpc) is 3.08. The average molecular weight is 371 g/mol. The summed E-state index contributed by atoms with van der Waals surface area (Å²) in [5.41, 5.74) is -0.145. The maximum atomic E-state index is 13.0. The van der Waals surface area contributed by atoms with Gasteiger partial charge in [0.25, 0.3) is 5.91 Å². The zero-order chi connectivity index (χ0) is 17.4. The molecule has 1 N–H and O–H groups in total. The fourth-order valence-electron chi connectivity index (χ4n) is 1.72. The Morgan fingerprint density at radius 3 is 2.75 bits per heavy atom. The van der Waals surface area contributed by atoms with Crippen molar-refractivity contribution in [1.82, 2.24) is 5.32 Å². The van der Waals surface area contributed by atoms with Crippen molar-refractivity contribution in [3.63, 3.8) is 0 Å². The minimum Gasteiger partial charge on any atom is -0.452 e. The third-order valence-corrected chi connectivity index (χ3v) is 4.95. The van der Waals surface area contributed by atoms with Gasteiger partial charge in [-0.05, 0) is 29.6 Å². The molecule has 0 aliphatic heterocycles. The van der Waals surface area contributed by atoms with Crippen LogP contribution in [0, 0.1) is 11.6 Å². The minimum absolute atomic E-state index is 0.145. The first-order chi connectivity index (χ1) is 11.6. The van der Waals surface area contributed by atoms with Crippen LogP contribution in [0.4, 0.5) is 8.78 Å². The Hall–Kier alpha value is -1.93. The third-order valence-electron chi connectivity index (χ3n) is 2.88. The molecule has 0 atom stereocenters. The van der Waals surface area contributed by atoms with Crippen molar-refractivity contribution < 1.29 is 23.1 Å². The SMILES string of the molecule is O=C(COC(=O)c1ccc(F)c(F)c1)NCCSCc1cccs1. The summed E-state index contributed by atoms with van der Waals surface area (Å²) >= 11 is 3.37. The largest absolute Gasteiger partial charge is 0.452 e. The Kier molecular flexibility index (Phi) is 7.20. The predicted molar refractivity (Wildman–Crippen MR) is 90.1 cm³/mol. The second-order valence-corrected chi connectivity index (χ2v) is 6.82. The molecule has 0 aliphatic rings. The third kappa shape index (κ3) is 5.93. The highest BCUT2D eigenvalue weighted by molar-refractivity contribution is 7.98. The molecule has 1 amide bonds. The Balaban J connectivity index is 1.61. The van der Waals surface area contributed by atoms with Crippen molar-refractivity contribution in [1.29, 1.82) is 0 Å². The van der Waals surface area contributed by atoms with Crippen LogP contribution in [0.2, 0.25) is 0 Å². The standard InChI is InChI=1S/C16H15F2NO3S2/c17-13-4-3-11(8-14(13)18)16(21)22-9-15(20)19-5-7-23-10-12-2-1-6-24-12/h1-4,6,8H,5,7,9-10H2,(H,19,20). The first kappa shape index (κ1) is 18.4. The van der Waals surface area contributed by atoms with Crippen LogP contribution < -0.4 is 5.32 Å². The summed E-state index contributed by atoms with van der Waals surface area (Å²) < 4.78 is 30.5. The van der Waals surface area contributed by atoms with E-state index in [1.165, 1.54) is 4.88 Å². The summed E-state index contributed by atoms with van der Waals surface area (Å²) in [6.07, 6.45) is 0. The van der Waals surface area contributed by atoms with Gasteiger partial charge >= 0.3 is 5.97 Å². The van der Waals surface area contributed by atoms with E-state index < -0.39 is 30.1 Å². The second-order valence-electron chi connectivity index (χ2n) is 4.69. The number of carbonyl (C=O) groups is 2. The highest BCUT2D eigenvalue weighted by Gasteiger charge is 2.12. The van der Waals surface area contributed by atoms with E-state index in [2.05, 4.69) is 5.32 Å². The molecular weight excluding hydrogens is 356 g/mol. The fraction of sp³-hybridized carbons (Fsp3) is 0.250. The van der Waals surface area contributed by atoms with Gasteiger partial charge in [0.05, 0.1) is 5.56 Å². The lowest BCUT2D eigenvalue weighted by Crippen LogP contribution is -2.30. The molecule has 0 unspecified atom stereocenters. The fourth-order valence-corrected chi connectivity index (χ4v) is 3.42. The molecule has 0 aliphatic carbocycles. The highest BCUT2D eigenvalue weighted by atomic mass is 32.2. The molecule has 128 valence electrons. The molecule has 0 spiro atoms. The number of benzene rings is 1. The molecule has 0 bridgehead atoms. The molecule has 1 heterocycles.